The molecule has 0 amide bonds. The van der Waals surface area contributed by atoms with Crippen molar-refractivity contribution < 1.29 is 9.53 Å². The van der Waals surface area contributed by atoms with E-state index < -0.39 is 0 Å². The molecule has 1 aromatic heterocycles. The predicted molar refractivity (Wildman–Crippen MR) is 75.4 cm³/mol. The highest BCUT2D eigenvalue weighted by molar-refractivity contribution is 7.12. The molecule has 0 aliphatic heterocycles. The van der Waals surface area contributed by atoms with E-state index in [4.69, 9.17) is 27.9 Å². The minimum Gasteiger partial charge on any atom is -0.496 e. The monoisotopic (exact) mass is 300 g/mol. The van der Waals surface area contributed by atoms with E-state index in [0.717, 1.165) is 0 Å². The first-order valence-corrected chi connectivity index (χ1v) is 6.84. The van der Waals surface area contributed by atoms with Gasteiger partial charge in [0.1, 0.15) is 5.75 Å². The topological polar surface area (TPSA) is 26.3 Å². The number of thiophene rings is 1. The molecule has 2 nitrogen and oxygen atoms in total. The largest absolute Gasteiger partial charge is 0.496 e. The molecule has 1 aromatic carbocycles. The lowest BCUT2D eigenvalue weighted by molar-refractivity contribution is 0.0996. The molecule has 1 heterocycles. The van der Waals surface area contributed by atoms with Gasteiger partial charge in [0, 0.05) is 27.9 Å². The van der Waals surface area contributed by atoms with E-state index >= 15 is 0 Å². The Bertz CT molecular complexity index is 558. The maximum Gasteiger partial charge on any atom is 0.177 e. The van der Waals surface area contributed by atoms with E-state index in [1.165, 1.54) is 11.3 Å². The minimum atomic E-state index is -0.0155. The Morgan fingerprint density at radius 3 is 2.56 bits per heavy atom. The third-order valence-electron chi connectivity index (χ3n) is 2.48. The second kappa shape index (κ2) is 5.74. The number of carbonyl (C=O) groups excluding carboxylic acids is 1. The first kappa shape index (κ1) is 13.4. The first-order valence-electron chi connectivity index (χ1n) is 5.20. The van der Waals surface area contributed by atoms with Crippen molar-refractivity contribution in [2.75, 3.05) is 7.11 Å². The van der Waals surface area contributed by atoms with Gasteiger partial charge in [-0.1, -0.05) is 29.3 Å². The van der Waals surface area contributed by atoms with Crippen molar-refractivity contribution in [1.29, 1.82) is 0 Å². The molecule has 0 N–H and O–H groups in total. The van der Waals surface area contributed by atoms with Gasteiger partial charge in [-0.3, -0.25) is 4.79 Å². The number of ether oxygens (including phenoxy) is 1. The van der Waals surface area contributed by atoms with Gasteiger partial charge in [-0.2, -0.15) is 0 Å². The van der Waals surface area contributed by atoms with Gasteiger partial charge in [0.15, 0.2) is 5.78 Å². The number of methoxy groups -OCH3 is 1. The van der Waals surface area contributed by atoms with Gasteiger partial charge in [-0.25, -0.2) is 0 Å². The van der Waals surface area contributed by atoms with Crippen LogP contribution >= 0.6 is 34.5 Å². The van der Waals surface area contributed by atoms with Crippen molar-refractivity contribution in [3.8, 4) is 5.75 Å². The average molecular weight is 301 g/mol. The number of Topliss-reactive ketones (excluding diaryl/α,β-unsaturated/α-hetero) is 1. The van der Waals surface area contributed by atoms with Gasteiger partial charge in [-0.05, 0) is 17.7 Å². The molecule has 0 saturated carbocycles. The summed E-state index contributed by atoms with van der Waals surface area (Å²) in [5, 5.41) is 2.82. The molecule has 2 aromatic rings. The Balaban J connectivity index is 2.21. The van der Waals surface area contributed by atoms with Gasteiger partial charge in [0.2, 0.25) is 0 Å². The Morgan fingerprint density at radius 1 is 1.33 bits per heavy atom. The minimum absolute atomic E-state index is 0.0155. The van der Waals surface area contributed by atoms with E-state index in [1.807, 2.05) is 0 Å². The molecule has 0 radical (unpaired) electrons. The van der Waals surface area contributed by atoms with Crippen LogP contribution in [-0.2, 0) is 6.42 Å². The molecule has 0 aliphatic rings. The normalized spacial score (nSPS) is 10.4. The highest BCUT2D eigenvalue weighted by atomic mass is 35.5. The van der Waals surface area contributed by atoms with Crippen LogP contribution in [0.1, 0.15) is 15.2 Å². The second-order valence-corrected chi connectivity index (χ2v) is 5.38. The van der Waals surface area contributed by atoms with E-state index in [0.29, 0.717) is 26.2 Å². The third-order valence-corrected chi connectivity index (χ3v) is 4.14. The fourth-order valence-corrected chi connectivity index (χ4v) is 2.85. The van der Waals surface area contributed by atoms with Crippen LogP contribution < -0.4 is 4.74 Å². The summed E-state index contributed by atoms with van der Waals surface area (Å²) in [6.45, 7) is 0. The van der Waals surface area contributed by atoms with Gasteiger partial charge >= 0.3 is 0 Å². The van der Waals surface area contributed by atoms with Gasteiger partial charge < -0.3 is 4.74 Å². The predicted octanol–water partition coefficient (Wildman–Crippen LogP) is 4.49. The number of ketones is 1. The van der Waals surface area contributed by atoms with E-state index in [1.54, 1.807) is 36.8 Å². The number of hydrogen-bond acceptors (Lipinski definition) is 3. The van der Waals surface area contributed by atoms with E-state index in [-0.39, 0.29) is 12.2 Å². The zero-order valence-corrected chi connectivity index (χ0v) is 11.9. The van der Waals surface area contributed by atoms with Crippen LogP contribution in [0.5, 0.6) is 5.75 Å². The Hall–Kier alpha value is -1.03. The summed E-state index contributed by atoms with van der Waals surface area (Å²) in [5.74, 6) is 0.673. The first-order chi connectivity index (χ1) is 8.61. The fourth-order valence-electron chi connectivity index (χ4n) is 1.52. The van der Waals surface area contributed by atoms with Crippen molar-refractivity contribution in [3.63, 3.8) is 0 Å². The van der Waals surface area contributed by atoms with Crippen LogP contribution in [0.25, 0.3) is 0 Å². The molecule has 5 heteroatoms. The molecule has 2 rings (SSSR count). The lowest BCUT2D eigenvalue weighted by Crippen LogP contribution is -2.02. The highest BCUT2D eigenvalue weighted by Gasteiger charge is 2.14. The molecule has 0 saturated heterocycles. The maximum atomic E-state index is 12.1. The number of rotatable bonds is 4. The summed E-state index contributed by atoms with van der Waals surface area (Å²) < 4.78 is 5.05. The Kier molecular flexibility index (Phi) is 4.27. The van der Waals surface area contributed by atoms with Crippen molar-refractivity contribution in [1.82, 2.24) is 0 Å². The molecule has 0 unspecified atom stereocenters. The van der Waals surface area contributed by atoms with Crippen LogP contribution in [0.2, 0.25) is 10.0 Å². The van der Waals surface area contributed by atoms with Crippen LogP contribution in [0.15, 0.2) is 29.6 Å². The Labute approximate surface area is 119 Å². The molecule has 0 fully saturated rings. The zero-order valence-electron chi connectivity index (χ0n) is 9.57. The molecule has 0 aliphatic carbocycles. The molecular weight excluding hydrogens is 291 g/mol. The Morgan fingerprint density at radius 2 is 2.00 bits per heavy atom. The van der Waals surface area contributed by atoms with Crippen molar-refractivity contribution in [2.45, 2.75) is 6.42 Å². The smallest absolute Gasteiger partial charge is 0.177 e. The van der Waals surface area contributed by atoms with Crippen molar-refractivity contribution in [3.05, 3.63) is 50.1 Å². The molecule has 18 heavy (non-hydrogen) atoms. The lowest BCUT2D eigenvalue weighted by Gasteiger charge is -2.04. The number of carbonyl (C=O) groups is 1. The molecular formula is C13H10Cl2O2S. The van der Waals surface area contributed by atoms with Crippen molar-refractivity contribution >= 4 is 40.3 Å². The average Bonchev–Trinajstić information content (AvgIpc) is 2.82. The van der Waals surface area contributed by atoms with Crippen LogP contribution in [-0.4, -0.2) is 12.9 Å². The summed E-state index contributed by atoms with van der Waals surface area (Å²) in [6.07, 6.45) is 0.197. The summed E-state index contributed by atoms with van der Waals surface area (Å²) >= 11 is 13.4. The molecule has 0 bridgehead atoms. The number of halogens is 2. The van der Waals surface area contributed by atoms with Crippen LogP contribution in [0.4, 0.5) is 0 Å². The highest BCUT2D eigenvalue weighted by Crippen LogP contribution is 2.28. The summed E-state index contributed by atoms with van der Waals surface area (Å²) in [5.41, 5.74) is 0.665. The number of hydrogen-bond donors (Lipinski definition) is 0. The van der Waals surface area contributed by atoms with E-state index in [2.05, 4.69) is 0 Å². The zero-order chi connectivity index (χ0) is 13.1. The second-order valence-electron chi connectivity index (χ2n) is 3.65. The summed E-state index contributed by atoms with van der Waals surface area (Å²) in [7, 11) is 1.57. The van der Waals surface area contributed by atoms with Crippen LogP contribution in [0.3, 0.4) is 0 Å². The standard InChI is InChI=1S/C13H10Cl2O2S/c1-17-8-5-13(18-7-8)12(16)6-9-10(14)3-2-4-11(9)15/h2-5,7H,6H2,1H3. The third kappa shape index (κ3) is 2.86. The summed E-state index contributed by atoms with van der Waals surface area (Å²) in [6, 6.07) is 6.93. The van der Waals surface area contributed by atoms with Gasteiger partial charge in [-0.15, -0.1) is 11.3 Å². The van der Waals surface area contributed by atoms with Crippen molar-refractivity contribution in [2.24, 2.45) is 0 Å². The van der Waals surface area contributed by atoms with E-state index in [9.17, 15) is 4.79 Å². The molecule has 0 spiro atoms. The SMILES string of the molecule is COc1csc(C(=O)Cc2c(Cl)cccc2Cl)c1. The van der Waals surface area contributed by atoms with Gasteiger partial charge in [0.25, 0.3) is 0 Å². The molecule has 0 atom stereocenters. The lowest BCUT2D eigenvalue weighted by atomic mass is 10.1. The molecule has 94 valence electrons. The quantitative estimate of drug-likeness (QED) is 0.778. The number of benzene rings is 1. The fraction of sp³-hybridized carbons (Fsp3) is 0.154. The summed E-state index contributed by atoms with van der Waals surface area (Å²) in [4.78, 5) is 12.7. The van der Waals surface area contributed by atoms with Gasteiger partial charge in [0.05, 0.1) is 12.0 Å². The van der Waals surface area contributed by atoms with Crippen LogP contribution in [0, 0.1) is 0 Å². The maximum absolute atomic E-state index is 12.1.